The predicted molar refractivity (Wildman–Crippen MR) is 79.5 cm³/mol. The van der Waals surface area contributed by atoms with Gasteiger partial charge in [-0.25, -0.2) is 4.57 Å². The Bertz CT molecular complexity index is 748. The quantitative estimate of drug-likeness (QED) is 0.536. The molecule has 110 valence electrons. The van der Waals surface area contributed by atoms with Crippen LogP contribution in [0.1, 0.15) is 10.4 Å². The summed E-state index contributed by atoms with van der Waals surface area (Å²) in [5.74, 6) is 1.45. The average molecular weight is 295 g/mol. The maximum Gasteiger partial charge on any atom is 0.287 e. The highest BCUT2D eigenvalue weighted by molar-refractivity contribution is 5.95. The van der Waals surface area contributed by atoms with Gasteiger partial charge in [-0.15, -0.1) is 0 Å². The highest BCUT2D eigenvalue weighted by Crippen LogP contribution is 2.15. The molecule has 3 rings (SSSR count). The molecule has 0 aliphatic rings. The zero-order chi connectivity index (χ0) is 15.4. The third-order valence-electron chi connectivity index (χ3n) is 3.28. The summed E-state index contributed by atoms with van der Waals surface area (Å²) in [6.07, 6.45) is 5.04. The molecule has 2 aromatic heterocycles. The number of ether oxygens (including phenoxy) is 1. The van der Waals surface area contributed by atoms with Gasteiger partial charge in [0.15, 0.2) is 12.3 Å². The van der Waals surface area contributed by atoms with E-state index >= 15 is 0 Å². The number of carbonyl (C=O) groups excluding carboxylic acids is 1. The van der Waals surface area contributed by atoms with Gasteiger partial charge in [0, 0.05) is 11.6 Å². The lowest BCUT2D eigenvalue weighted by Crippen LogP contribution is -2.37. The Labute approximate surface area is 127 Å². The topological polar surface area (TPSA) is 56.2 Å². The minimum Gasteiger partial charge on any atom is -0.497 e. The van der Waals surface area contributed by atoms with Crippen LogP contribution in [0.15, 0.2) is 65.7 Å². The highest BCUT2D eigenvalue weighted by Gasteiger charge is 2.12. The molecule has 0 N–H and O–H groups in total. The average Bonchev–Trinajstić information content (AvgIpc) is 3.10. The number of furan rings is 1. The molecule has 0 aliphatic carbocycles. The SMILES string of the molecule is COc1ccc(C(=O)C[n+]2ccc(-c3ccco3)nc2)cc1. The first-order valence-corrected chi connectivity index (χ1v) is 6.82. The summed E-state index contributed by atoms with van der Waals surface area (Å²) in [5.41, 5.74) is 1.38. The van der Waals surface area contributed by atoms with Crippen molar-refractivity contribution >= 4 is 5.78 Å². The summed E-state index contributed by atoms with van der Waals surface area (Å²) in [6.45, 7) is 0.234. The molecule has 5 nitrogen and oxygen atoms in total. The van der Waals surface area contributed by atoms with Gasteiger partial charge in [0.25, 0.3) is 6.33 Å². The van der Waals surface area contributed by atoms with E-state index in [0.29, 0.717) is 11.3 Å². The summed E-state index contributed by atoms with van der Waals surface area (Å²) in [4.78, 5) is 16.5. The molecule has 2 heterocycles. The lowest BCUT2D eigenvalue weighted by atomic mass is 10.1. The second-order valence-electron chi connectivity index (χ2n) is 4.75. The van der Waals surface area contributed by atoms with Crippen LogP contribution >= 0.6 is 0 Å². The number of hydrogen-bond acceptors (Lipinski definition) is 4. The number of aromatic nitrogens is 2. The zero-order valence-corrected chi connectivity index (χ0v) is 12.1. The van der Waals surface area contributed by atoms with E-state index in [0.717, 1.165) is 11.4 Å². The maximum absolute atomic E-state index is 12.2. The van der Waals surface area contributed by atoms with Crippen LogP contribution < -0.4 is 9.30 Å². The van der Waals surface area contributed by atoms with Gasteiger partial charge in [-0.05, 0) is 41.4 Å². The van der Waals surface area contributed by atoms with Crippen LogP contribution in [0.25, 0.3) is 11.5 Å². The van der Waals surface area contributed by atoms with Crippen molar-refractivity contribution in [1.82, 2.24) is 4.98 Å². The number of hydrogen-bond donors (Lipinski definition) is 0. The number of carbonyl (C=O) groups is 1. The summed E-state index contributed by atoms with van der Waals surface area (Å²) in [7, 11) is 1.60. The number of nitrogens with zero attached hydrogens (tertiary/aromatic N) is 2. The third-order valence-corrected chi connectivity index (χ3v) is 3.28. The van der Waals surface area contributed by atoms with E-state index in [4.69, 9.17) is 9.15 Å². The number of methoxy groups -OCH3 is 1. The van der Waals surface area contributed by atoms with Crippen molar-refractivity contribution in [2.24, 2.45) is 0 Å². The molecule has 0 amide bonds. The normalized spacial score (nSPS) is 10.4. The van der Waals surface area contributed by atoms with Crippen molar-refractivity contribution in [2.45, 2.75) is 6.54 Å². The Kier molecular flexibility index (Phi) is 3.96. The molecule has 0 saturated carbocycles. The lowest BCUT2D eigenvalue weighted by Gasteiger charge is -2.02. The fourth-order valence-corrected chi connectivity index (χ4v) is 2.08. The van der Waals surface area contributed by atoms with E-state index in [9.17, 15) is 4.79 Å². The van der Waals surface area contributed by atoms with Gasteiger partial charge in [0.05, 0.1) is 19.6 Å². The van der Waals surface area contributed by atoms with Gasteiger partial charge < -0.3 is 9.15 Å². The highest BCUT2D eigenvalue weighted by atomic mass is 16.5. The molecule has 0 saturated heterocycles. The summed E-state index contributed by atoms with van der Waals surface area (Å²) in [6, 6.07) is 12.5. The zero-order valence-electron chi connectivity index (χ0n) is 12.1. The second kappa shape index (κ2) is 6.22. The van der Waals surface area contributed by atoms with E-state index in [2.05, 4.69) is 4.98 Å². The maximum atomic E-state index is 12.2. The summed E-state index contributed by atoms with van der Waals surface area (Å²) >= 11 is 0. The predicted octanol–water partition coefficient (Wildman–Crippen LogP) is 2.52. The van der Waals surface area contributed by atoms with Crippen LogP contribution in [-0.4, -0.2) is 17.9 Å². The Morgan fingerprint density at radius 1 is 1.23 bits per heavy atom. The van der Waals surface area contributed by atoms with Crippen LogP contribution in [-0.2, 0) is 6.54 Å². The molecule has 22 heavy (non-hydrogen) atoms. The van der Waals surface area contributed by atoms with Crippen molar-refractivity contribution in [3.63, 3.8) is 0 Å². The van der Waals surface area contributed by atoms with Gasteiger partial charge in [-0.3, -0.25) is 4.79 Å². The first-order valence-electron chi connectivity index (χ1n) is 6.82. The lowest BCUT2D eigenvalue weighted by molar-refractivity contribution is -0.686. The van der Waals surface area contributed by atoms with E-state index in [1.165, 1.54) is 0 Å². The molecule has 3 aromatic rings. The molecule has 0 fully saturated rings. The van der Waals surface area contributed by atoms with Crippen molar-refractivity contribution in [3.8, 4) is 17.2 Å². The number of benzene rings is 1. The van der Waals surface area contributed by atoms with E-state index in [1.54, 1.807) is 48.5 Å². The molecule has 0 aliphatic heterocycles. The van der Waals surface area contributed by atoms with E-state index in [-0.39, 0.29) is 12.3 Å². The third kappa shape index (κ3) is 3.03. The van der Waals surface area contributed by atoms with E-state index in [1.807, 2.05) is 24.4 Å². The van der Waals surface area contributed by atoms with Crippen molar-refractivity contribution in [2.75, 3.05) is 7.11 Å². The van der Waals surface area contributed by atoms with Gasteiger partial charge in [0.2, 0.25) is 11.5 Å². The van der Waals surface area contributed by atoms with Crippen molar-refractivity contribution in [3.05, 3.63) is 66.8 Å². The first kappa shape index (κ1) is 14.0. The first-order chi connectivity index (χ1) is 10.8. The van der Waals surface area contributed by atoms with Crippen LogP contribution in [0.3, 0.4) is 0 Å². The van der Waals surface area contributed by atoms with Gasteiger partial charge in [0.1, 0.15) is 5.75 Å². The Morgan fingerprint density at radius 2 is 2.05 bits per heavy atom. The molecule has 0 bridgehead atoms. The Balaban J connectivity index is 1.71. The molecular weight excluding hydrogens is 280 g/mol. The molecule has 0 atom stereocenters. The van der Waals surface area contributed by atoms with Crippen LogP contribution in [0.5, 0.6) is 5.75 Å². The van der Waals surface area contributed by atoms with Crippen molar-refractivity contribution in [1.29, 1.82) is 0 Å². The molecular formula is C17H15N2O3+. The number of ketones is 1. The fourth-order valence-electron chi connectivity index (χ4n) is 2.08. The number of Topliss-reactive ketones (excluding diaryl/α,β-unsaturated/α-hetero) is 1. The molecule has 0 unspecified atom stereocenters. The van der Waals surface area contributed by atoms with Gasteiger partial charge >= 0.3 is 0 Å². The molecule has 5 heteroatoms. The van der Waals surface area contributed by atoms with Crippen LogP contribution in [0.4, 0.5) is 0 Å². The summed E-state index contributed by atoms with van der Waals surface area (Å²) in [5, 5.41) is 0. The molecule has 0 spiro atoms. The van der Waals surface area contributed by atoms with Gasteiger partial charge in [-0.2, -0.15) is 0 Å². The molecule has 1 aromatic carbocycles. The van der Waals surface area contributed by atoms with Gasteiger partial charge in [-0.1, -0.05) is 0 Å². The van der Waals surface area contributed by atoms with Crippen LogP contribution in [0.2, 0.25) is 0 Å². The Morgan fingerprint density at radius 3 is 2.64 bits per heavy atom. The minimum absolute atomic E-state index is 0.0141. The second-order valence-corrected chi connectivity index (χ2v) is 4.75. The summed E-state index contributed by atoms with van der Waals surface area (Å²) < 4.78 is 12.1. The smallest absolute Gasteiger partial charge is 0.287 e. The molecule has 0 radical (unpaired) electrons. The van der Waals surface area contributed by atoms with E-state index < -0.39 is 0 Å². The number of rotatable bonds is 5. The van der Waals surface area contributed by atoms with Crippen molar-refractivity contribution < 1.29 is 18.5 Å². The standard InChI is InChI=1S/C17H15N2O3/c1-21-14-6-4-13(5-7-14)16(20)11-19-9-8-15(18-12-19)17-3-2-10-22-17/h2-10,12H,11H2,1H3/q+1. The largest absolute Gasteiger partial charge is 0.497 e. The minimum atomic E-state index is 0.0141. The van der Waals surface area contributed by atoms with Crippen LogP contribution in [0, 0.1) is 0 Å². The Hall–Kier alpha value is -2.95. The fraction of sp³-hybridized carbons (Fsp3) is 0.118. The monoisotopic (exact) mass is 295 g/mol.